The van der Waals surface area contributed by atoms with Crippen molar-refractivity contribution in [2.45, 2.75) is 18.7 Å². The molecule has 70 valence electrons. The molecule has 1 heterocycles. The summed E-state index contributed by atoms with van der Waals surface area (Å²) in [7, 11) is 0. The van der Waals surface area contributed by atoms with Gasteiger partial charge in [0.25, 0.3) is 0 Å². The number of nitrogens with zero attached hydrogens (tertiary/aromatic N) is 1. The Morgan fingerprint density at radius 3 is 2.85 bits per heavy atom. The summed E-state index contributed by atoms with van der Waals surface area (Å²) in [6.45, 7) is 3.53. The Kier molecular flexibility index (Phi) is 3.75. The Balaban J connectivity index is 3.10. The lowest BCUT2D eigenvalue weighted by Crippen LogP contribution is -1.99. The Bertz CT molecular complexity index is 327. The van der Waals surface area contributed by atoms with Crippen molar-refractivity contribution in [3.05, 3.63) is 23.0 Å². The zero-order valence-electron chi connectivity index (χ0n) is 7.50. The molecular formula is C9H10ClNOS. The molecular weight excluding hydrogens is 206 g/mol. The molecule has 0 amide bonds. The standard InChI is InChI=1S/C9H10ClNOS/c1-3-13-7-4-5-8(10)11-9(7)6(2)12/h4-5H,3H2,1-2H3. The number of rotatable bonds is 3. The maximum atomic E-state index is 11.2. The quantitative estimate of drug-likeness (QED) is 0.441. The van der Waals surface area contributed by atoms with Gasteiger partial charge < -0.3 is 0 Å². The number of hydrogen-bond donors (Lipinski definition) is 0. The number of thioether (sulfide) groups is 1. The van der Waals surface area contributed by atoms with Crippen LogP contribution >= 0.6 is 23.4 Å². The first-order valence-corrected chi connectivity index (χ1v) is 5.31. The summed E-state index contributed by atoms with van der Waals surface area (Å²) < 4.78 is 0. The second-order valence-electron chi connectivity index (χ2n) is 2.47. The fourth-order valence-electron chi connectivity index (χ4n) is 0.947. The Labute approximate surface area is 86.7 Å². The van der Waals surface area contributed by atoms with Crippen LogP contribution in [-0.2, 0) is 0 Å². The Hall–Kier alpha value is -0.540. The molecule has 13 heavy (non-hydrogen) atoms. The lowest BCUT2D eigenvalue weighted by atomic mass is 10.3. The topological polar surface area (TPSA) is 30.0 Å². The Morgan fingerprint density at radius 1 is 1.62 bits per heavy atom. The largest absolute Gasteiger partial charge is 0.293 e. The van der Waals surface area contributed by atoms with Gasteiger partial charge in [-0.15, -0.1) is 11.8 Å². The molecule has 0 aromatic carbocycles. The predicted molar refractivity (Wildman–Crippen MR) is 55.6 cm³/mol. The van der Waals surface area contributed by atoms with E-state index in [1.165, 1.54) is 6.92 Å². The first-order valence-electron chi connectivity index (χ1n) is 3.95. The van der Waals surface area contributed by atoms with Gasteiger partial charge in [0.2, 0.25) is 0 Å². The second-order valence-corrected chi connectivity index (χ2v) is 4.16. The van der Waals surface area contributed by atoms with Gasteiger partial charge in [0.15, 0.2) is 5.78 Å². The SMILES string of the molecule is CCSc1ccc(Cl)nc1C(C)=O. The fraction of sp³-hybridized carbons (Fsp3) is 0.333. The summed E-state index contributed by atoms with van der Waals surface area (Å²) >= 11 is 7.29. The van der Waals surface area contributed by atoms with Gasteiger partial charge in [-0.2, -0.15) is 0 Å². The molecule has 1 rings (SSSR count). The summed E-state index contributed by atoms with van der Waals surface area (Å²) in [5.74, 6) is 0.877. The highest BCUT2D eigenvalue weighted by Gasteiger charge is 2.09. The van der Waals surface area contributed by atoms with Crippen LogP contribution < -0.4 is 0 Å². The molecule has 0 unspecified atom stereocenters. The van der Waals surface area contributed by atoms with Crippen molar-refractivity contribution in [1.29, 1.82) is 0 Å². The van der Waals surface area contributed by atoms with Crippen LogP contribution in [0.1, 0.15) is 24.3 Å². The van der Waals surface area contributed by atoms with E-state index in [0.29, 0.717) is 10.8 Å². The van der Waals surface area contributed by atoms with Crippen LogP contribution in [0.5, 0.6) is 0 Å². The van der Waals surface area contributed by atoms with Crippen LogP contribution in [0.25, 0.3) is 0 Å². The van der Waals surface area contributed by atoms with Gasteiger partial charge in [0.05, 0.1) is 0 Å². The molecule has 1 aromatic rings. The molecule has 0 saturated heterocycles. The minimum absolute atomic E-state index is 0.0431. The third kappa shape index (κ3) is 2.71. The minimum atomic E-state index is -0.0431. The molecule has 2 nitrogen and oxygen atoms in total. The molecule has 0 aliphatic carbocycles. The summed E-state index contributed by atoms with van der Waals surface area (Å²) in [5.41, 5.74) is 0.472. The molecule has 0 spiro atoms. The van der Waals surface area contributed by atoms with Crippen molar-refractivity contribution in [2.24, 2.45) is 0 Å². The molecule has 0 fully saturated rings. The van der Waals surface area contributed by atoms with E-state index in [0.717, 1.165) is 10.6 Å². The zero-order valence-corrected chi connectivity index (χ0v) is 9.08. The molecule has 0 bridgehead atoms. The maximum absolute atomic E-state index is 11.2. The average Bonchev–Trinajstić information content (AvgIpc) is 2.08. The summed E-state index contributed by atoms with van der Waals surface area (Å²) in [4.78, 5) is 16.0. The number of carbonyl (C=O) groups is 1. The van der Waals surface area contributed by atoms with Crippen molar-refractivity contribution in [3.63, 3.8) is 0 Å². The van der Waals surface area contributed by atoms with Crippen LogP contribution in [0.3, 0.4) is 0 Å². The van der Waals surface area contributed by atoms with Crippen molar-refractivity contribution in [3.8, 4) is 0 Å². The van der Waals surface area contributed by atoms with E-state index >= 15 is 0 Å². The molecule has 1 aromatic heterocycles. The van der Waals surface area contributed by atoms with Crippen molar-refractivity contribution < 1.29 is 4.79 Å². The highest BCUT2D eigenvalue weighted by atomic mass is 35.5. The third-order valence-electron chi connectivity index (χ3n) is 1.46. The average molecular weight is 216 g/mol. The van der Waals surface area contributed by atoms with Gasteiger partial charge in [0, 0.05) is 11.8 Å². The molecule has 0 radical (unpaired) electrons. The number of aromatic nitrogens is 1. The number of ketones is 1. The van der Waals surface area contributed by atoms with Gasteiger partial charge in [-0.1, -0.05) is 18.5 Å². The number of hydrogen-bond acceptors (Lipinski definition) is 3. The molecule has 0 aliphatic rings. The maximum Gasteiger partial charge on any atom is 0.179 e. The summed E-state index contributed by atoms with van der Waals surface area (Å²) in [6, 6.07) is 3.53. The van der Waals surface area contributed by atoms with Crippen LogP contribution in [0, 0.1) is 0 Å². The van der Waals surface area contributed by atoms with Gasteiger partial charge in [-0.3, -0.25) is 4.79 Å². The first kappa shape index (κ1) is 10.5. The van der Waals surface area contributed by atoms with Gasteiger partial charge in [-0.25, -0.2) is 4.98 Å². The van der Waals surface area contributed by atoms with Crippen LogP contribution in [0.15, 0.2) is 17.0 Å². The van der Waals surface area contributed by atoms with Crippen LogP contribution in [0.4, 0.5) is 0 Å². The number of pyridine rings is 1. The summed E-state index contributed by atoms with van der Waals surface area (Å²) in [6.07, 6.45) is 0. The van der Waals surface area contributed by atoms with Crippen LogP contribution in [0.2, 0.25) is 5.15 Å². The monoisotopic (exact) mass is 215 g/mol. The zero-order chi connectivity index (χ0) is 9.84. The highest BCUT2D eigenvalue weighted by molar-refractivity contribution is 7.99. The third-order valence-corrected chi connectivity index (χ3v) is 2.60. The summed E-state index contributed by atoms with van der Waals surface area (Å²) in [5, 5.41) is 0.366. The molecule has 0 saturated carbocycles. The van der Waals surface area contributed by atoms with E-state index in [1.54, 1.807) is 17.8 Å². The molecule has 4 heteroatoms. The highest BCUT2D eigenvalue weighted by Crippen LogP contribution is 2.23. The number of carbonyl (C=O) groups excluding carboxylic acids is 1. The number of halogens is 1. The molecule has 0 atom stereocenters. The van der Waals surface area contributed by atoms with Crippen molar-refractivity contribution in [1.82, 2.24) is 4.98 Å². The Morgan fingerprint density at radius 2 is 2.31 bits per heavy atom. The molecule has 0 N–H and O–H groups in total. The van der Waals surface area contributed by atoms with Crippen molar-refractivity contribution >= 4 is 29.1 Å². The predicted octanol–water partition coefficient (Wildman–Crippen LogP) is 3.05. The normalized spacial score (nSPS) is 10.1. The van der Waals surface area contributed by atoms with Gasteiger partial charge >= 0.3 is 0 Å². The number of Topliss-reactive ketones (excluding diaryl/α,β-unsaturated/α-hetero) is 1. The van der Waals surface area contributed by atoms with E-state index in [2.05, 4.69) is 4.98 Å². The fourth-order valence-corrected chi connectivity index (χ4v) is 1.90. The van der Waals surface area contributed by atoms with E-state index in [-0.39, 0.29) is 5.78 Å². The lowest BCUT2D eigenvalue weighted by molar-refractivity contribution is 0.101. The second kappa shape index (κ2) is 4.63. The first-order chi connectivity index (χ1) is 6.15. The van der Waals surface area contributed by atoms with Gasteiger partial charge in [0.1, 0.15) is 10.8 Å². The van der Waals surface area contributed by atoms with E-state index in [9.17, 15) is 4.79 Å². The minimum Gasteiger partial charge on any atom is -0.293 e. The van der Waals surface area contributed by atoms with E-state index < -0.39 is 0 Å². The van der Waals surface area contributed by atoms with Crippen molar-refractivity contribution in [2.75, 3.05) is 5.75 Å². The smallest absolute Gasteiger partial charge is 0.179 e. The van der Waals surface area contributed by atoms with E-state index in [4.69, 9.17) is 11.6 Å². The van der Waals surface area contributed by atoms with Gasteiger partial charge in [-0.05, 0) is 17.9 Å². The van der Waals surface area contributed by atoms with Crippen LogP contribution in [-0.4, -0.2) is 16.5 Å². The lowest BCUT2D eigenvalue weighted by Gasteiger charge is -2.03. The molecule has 0 aliphatic heterocycles. The van der Waals surface area contributed by atoms with E-state index in [1.807, 2.05) is 13.0 Å².